The van der Waals surface area contributed by atoms with Gasteiger partial charge in [-0.05, 0) is 85.5 Å². The van der Waals surface area contributed by atoms with E-state index in [1.54, 1.807) is 0 Å². The van der Waals surface area contributed by atoms with Gasteiger partial charge in [-0.3, -0.25) is 4.79 Å². The van der Waals surface area contributed by atoms with Crippen LogP contribution < -0.4 is 0 Å². The molecule has 0 heterocycles. The van der Waals surface area contributed by atoms with Crippen LogP contribution in [0.25, 0.3) is 0 Å². The first-order valence-corrected chi connectivity index (χ1v) is 10.1. The number of alkyl halides is 3. The minimum atomic E-state index is -4.53. The fraction of sp³-hybridized carbons (Fsp3) is 0.857. The normalized spacial score (nSPS) is 46.8. The molecule has 3 fully saturated rings. The average molecular weight is 370 g/mol. The highest BCUT2D eigenvalue weighted by molar-refractivity contribution is 5.91. The average Bonchev–Trinajstić information content (AvgIpc) is 2.89. The molecule has 0 amide bonds. The van der Waals surface area contributed by atoms with Gasteiger partial charge in [0.2, 0.25) is 0 Å². The molecule has 1 N–H and O–H groups in total. The highest BCUT2D eigenvalue weighted by atomic mass is 19.4. The Balaban J connectivity index is 1.63. The number of aliphatic hydroxyl groups is 1. The van der Waals surface area contributed by atoms with Crippen molar-refractivity contribution in [3.63, 3.8) is 0 Å². The third-order valence-corrected chi connectivity index (χ3v) is 8.43. The summed E-state index contributed by atoms with van der Waals surface area (Å²) in [5.41, 5.74) is 0.874. The van der Waals surface area contributed by atoms with Gasteiger partial charge in [-0.2, -0.15) is 13.2 Å². The lowest BCUT2D eigenvalue weighted by Gasteiger charge is -2.56. The van der Waals surface area contributed by atoms with Crippen molar-refractivity contribution < 1.29 is 23.1 Å². The largest absolute Gasteiger partial charge is 0.414 e. The second-order valence-corrected chi connectivity index (χ2v) is 9.57. The molecule has 0 radical (unpaired) electrons. The van der Waals surface area contributed by atoms with Crippen LogP contribution in [0.15, 0.2) is 11.6 Å². The van der Waals surface area contributed by atoms with Crippen LogP contribution in [-0.4, -0.2) is 23.2 Å². The zero-order valence-electron chi connectivity index (χ0n) is 15.6. The Hall–Kier alpha value is -0.840. The maximum Gasteiger partial charge on any atom is 0.414 e. The first-order chi connectivity index (χ1) is 12.1. The Kier molecular flexibility index (Phi) is 4.33. The summed E-state index contributed by atoms with van der Waals surface area (Å²) < 4.78 is 39.6. The van der Waals surface area contributed by atoms with Crippen LogP contribution in [0.1, 0.15) is 58.8 Å². The van der Waals surface area contributed by atoms with Gasteiger partial charge in [0.15, 0.2) is 11.9 Å². The van der Waals surface area contributed by atoms with E-state index in [-0.39, 0.29) is 11.7 Å². The third-order valence-electron chi connectivity index (χ3n) is 8.43. The Bertz CT molecular complexity index is 625. The molecule has 2 nitrogen and oxygen atoms in total. The topological polar surface area (TPSA) is 37.3 Å². The number of carbonyl (C=O) groups excluding carboxylic acids is 1. The molecule has 5 heteroatoms. The summed E-state index contributed by atoms with van der Waals surface area (Å²) in [6.45, 7) is 4.22. The Labute approximate surface area is 153 Å². The lowest BCUT2D eigenvalue weighted by molar-refractivity contribution is -0.233. The molecule has 0 saturated heterocycles. The summed E-state index contributed by atoms with van der Waals surface area (Å²) in [7, 11) is 0. The number of carbonyl (C=O) groups is 1. The first-order valence-electron chi connectivity index (χ1n) is 10.1. The van der Waals surface area contributed by atoms with Crippen molar-refractivity contribution in [3.05, 3.63) is 11.6 Å². The van der Waals surface area contributed by atoms with Crippen molar-refractivity contribution >= 4 is 5.78 Å². The summed E-state index contributed by atoms with van der Waals surface area (Å²) in [6, 6.07) is 0. The molecule has 146 valence electrons. The number of allylic oxidation sites excluding steroid dienone is 1. The van der Waals surface area contributed by atoms with E-state index in [1.807, 2.05) is 13.0 Å². The zero-order valence-corrected chi connectivity index (χ0v) is 15.6. The maximum atomic E-state index is 13.2. The van der Waals surface area contributed by atoms with Crippen molar-refractivity contribution in [2.45, 2.75) is 71.1 Å². The zero-order chi connectivity index (χ0) is 18.9. The number of hydrogen-bond donors (Lipinski definition) is 1. The summed E-state index contributed by atoms with van der Waals surface area (Å²) >= 11 is 0. The van der Waals surface area contributed by atoms with E-state index in [4.69, 9.17) is 0 Å². The van der Waals surface area contributed by atoms with Gasteiger partial charge in [0, 0.05) is 6.42 Å². The number of halogens is 3. The highest BCUT2D eigenvalue weighted by Gasteiger charge is 2.61. The van der Waals surface area contributed by atoms with Crippen molar-refractivity contribution in [1.82, 2.24) is 0 Å². The molecular formula is C21H29F3O2. The highest BCUT2D eigenvalue weighted by Crippen LogP contribution is 2.65. The van der Waals surface area contributed by atoms with Gasteiger partial charge in [0.05, 0.1) is 0 Å². The number of aliphatic hydroxyl groups excluding tert-OH is 1. The molecule has 26 heavy (non-hydrogen) atoms. The summed E-state index contributed by atoms with van der Waals surface area (Å²) in [5.74, 6) is 1.59. The molecule has 0 spiro atoms. The van der Waals surface area contributed by atoms with Crippen LogP contribution in [0.5, 0.6) is 0 Å². The minimum absolute atomic E-state index is 0.233. The van der Waals surface area contributed by atoms with Crippen LogP contribution in [0.3, 0.4) is 0 Å². The predicted octanol–water partition coefficient (Wildman–Crippen LogP) is 4.91. The van der Waals surface area contributed by atoms with Crippen LogP contribution in [0, 0.1) is 40.9 Å². The molecule has 0 aromatic rings. The number of hydrogen-bond acceptors (Lipinski definition) is 2. The van der Waals surface area contributed by atoms with E-state index < -0.39 is 23.6 Å². The second-order valence-electron chi connectivity index (χ2n) is 9.57. The molecule has 4 aliphatic rings. The number of rotatable bonds is 1. The molecule has 3 saturated carbocycles. The molecule has 0 aromatic carbocycles. The van der Waals surface area contributed by atoms with Gasteiger partial charge >= 0.3 is 6.18 Å². The first kappa shape index (κ1) is 18.5. The molecule has 4 aliphatic carbocycles. The van der Waals surface area contributed by atoms with E-state index in [0.29, 0.717) is 36.5 Å². The Morgan fingerprint density at radius 1 is 1.23 bits per heavy atom. The second kappa shape index (κ2) is 6.08. The predicted molar refractivity (Wildman–Crippen MR) is 92.2 cm³/mol. The minimum Gasteiger partial charge on any atom is -0.383 e. The van der Waals surface area contributed by atoms with Gasteiger partial charge in [-0.1, -0.05) is 19.4 Å². The molecule has 4 rings (SSSR count). The fourth-order valence-corrected chi connectivity index (χ4v) is 7.38. The lowest BCUT2D eigenvalue weighted by Crippen LogP contribution is -2.52. The molecule has 0 unspecified atom stereocenters. The fourth-order valence-electron chi connectivity index (χ4n) is 7.38. The van der Waals surface area contributed by atoms with E-state index in [0.717, 1.165) is 32.1 Å². The van der Waals surface area contributed by atoms with E-state index in [1.165, 1.54) is 5.57 Å². The molecule has 0 bridgehead atoms. The van der Waals surface area contributed by atoms with E-state index >= 15 is 0 Å². The molecule has 8 atom stereocenters. The van der Waals surface area contributed by atoms with Gasteiger partial charge < -0.3 is 5.11 Å². The molecule has 0 aromatic heterocycles. The van der Waals surface area contributed by atoms with Crippen LogP contribution in [-0.2, 0) is 4.79 Å². The Morgan fingerprint density at radius 2 is 1.96 bits per heavy atom. The quantitative estimate of drug-likeness (QED) is 0.712. The van der Waals surface area contributed by atoms with Gasteiger partial charge in [-0.15, -0.1) is 0 Å². The van der Waals surface area contributed by atoms with Crippen molar-refractivity contribution in [2.75, 3.05) is 0 Å². The summed E-state index contributed by atoms with van der Waals surface area (Å²) in [6.07, 6.45) is 0.539. The monoisotopic (exact) mass is 370 g/mol. The molecular weight excluding hydrogens is 341 g/mol. The van der Waals surface area contributed by atoms with Gasteiger partial charge in [0.25, 0.3) is 0 Å². The maximum absolute atomic E-state index is 13.2. The van der Waals surface area contributed by atoms with Gasteiger partial charge in [0.1, 0.15) is 0 Å². The number of fused-ring (bicyclic) bond motifs is 5. The summed E-state index contributed by atoms with van der Waals surface area (Å²) in [5, 5.41) is 10.00. The van der Waals surface area contributed by atoms with E-state index in [9.17, 15) is 23.1 Å². The standard InChI is InChI=1S/C21H29F3O2/c1-11-9-12-10-13(25)3-4-14(12)15-7-8-20(2)16(18(11)15)5-6-17(20)19(26)21(22,23)24/h10-11,14-19,26H,3-9H2,1-2H3/t11-,14+,15-,16-,17+,18-,19-,20+/m1/s1. The van der Waals surface area contributed by atoms with E-state index in [2.05, 4.69) is 6.92 Å². The SMILES string of the molecule is C[C@@H]1CC2=CC(=O)CC[C@@H]2[C@H]2CC[C@@]3(C)[C@H](CC[C@H]3[C@@H](O)C(F)(F)F)[C@@H]21. The van der Waals surface area contributed by atoms with Crippen LogP contribution in [0.2, 0.25) is 0 Å². The van der Waals surface area contributed by atoms with Crippen molar-refractivity contribution in [3.8, 4) is 0 Å². The number of ketones is 1. The van der Waals surface area contributed by atoms with Crippen molar-refractivity contribution in [2.24, 2.45) is 40.9 Å². The van der Waals surface area contributed by atoms with Crippen LogP contribution in [0.4, 0.5) is 13.2 Å². The molecule has 0 aliphatic heterocycles. The lowest BCUT2D eigenvalue weighted by atomic mass is 9.48. The van der Waals surface area contributed by atoms with Gasteiger partial charge in [-0.25, -0.2) is 0 Å². The van der Waals surface area contributed by atoms with Crippen molar-refractivity contribution in [1.29, 1.82) is 0 Å². The summed E-state index contributed by atoms with van der Waals surface area (Å²) in [4.78, 5) is 11.8. The Morgan fingerprint density at radius 3 is 2.65 bits per heavy atom. The third kappa shape index (κ3) is 2.68. The smallest absolute Gasteiger partial charge is 0.383 e. The van der Waals surface area contributed by atoms with Crippen LogP contribution >= 0.6 is 0 Å².